The Balaban J connectivity index is 0.000000218. The molecule has 68 valence electrons. The van der Waals surface area contributed by atoms with Crippen LogP contribution >= 0.6 is 11.6 Å². The Morgan fingerprint density at radius 1 is 1.27 bits per heavy atom. The van der Waals surface area contributed by atoms with Gasteiger partial charge in [0.1, 0.15) is 0 Å². The highest BCUT2D eigenvalue weighted by Gasteiger charge is 2.08. The van der Waals surface area contributed by atoms with Crippen molar-refractivity contribution in [3.63, 3.8) is 0 Å². The van der Waals surface area contributed by atoms with Crippen LogP contribution in [0.3, 0.4) is 0 Å². The van der Waals surface area contributed by atoms with Crippen LogP contribution in [0.4, 0.5) is 0 Å². The Morgan fingerprint density at radius 2 is 1.82 bits per heavy atom. The lowest BCUT2D eigenvalue weighted by Gasteiger charge is -2.16. The molecule has 1 atom stereocenters. The summed E-state index contributed by atoms with van der Waals surface area (Å²) in [6.45, 7) is 1.85. The van der Waals surface area contributed by atoms with Crippen LogP contribution in [0.25, 0.3) is 0 Å². The number of hydrogen-bond donors (Lipinski definition) is 0. The molecule has 11 heavy (non-hydrogen) atoms. The molecule has 0 aromatic heterocycles. The number of rotatable bonds is 0. The minimum absolute atomic E-state index is 0.214. The first-order chi connectivity index (χ1) is 5.13. The predicted octanol–water partition coefficient (Wildman–Crippen LogP) is 0.776. The first-order valence-electron chi connectivity index (χ1n) is 3.57. The topological polar surface area (TPSA) is 21.7 Å². The van der Waals surface area contributed by atoms with Gasteiger partial charge in [0, 0.05) is 0 Å². The minimum atomic E-state index is -0.214. The average molecular weight is 182 g/mol. The van der Waals surface area contributed by atoms with E-state index in [0.29, 0.717) is 19.8 Å². The van der Waals surface area contributed by atoms with Crippen LogP contribution < -0.4 is 0 Å². The van der Waals surface area contributed by atoms with Gasteiger partial charge in [-0.1, -0.05) is 11.6 Å². The third kappa shape index (κ3) is 10.2. The van der Waals surface area contributed by atoms with E-state index in [4.69, 9.17) is 21.1 Å². The minimum Gasteiger partial charge on any atom is -0.375 e. The van der Waals surface area contributed by atoms with Gasteiger partial charge < -0.3 is 14.4 Å². The lowest BCUT2D eigenvalue weighted by Crippen LogP contribution is -2.23. The molecule has 0 bridgehead atoms. The van der Waals surface area contributed by atoms with E-state index in [0.717, 1.165) is 0 Å². The van der Waals surface area contributed by atoms with E-state index in [-0.39, 0.29) is 5.56 Å². The molecular formula is C7H16ClNO2. The number of nitrogens with zero attached hydrogens (tertiary/aromatic N) is 1. The maximum Gasteiger partial charge on any atom is 0.154 e. The molecule has 0 aliphatic carbocycles. The van der Waals surface area contributed by atoms with Gasteiger partial charge in [0.15, 0.2) is 5.56 Å². The molecule has 0 amide bonds. The lowest BCUT2D eigenvalue weighted by molar-refractivity contribution is -0.0532. The maximum absolute atomic E-state index is 5.47. The summed E-state index contributed by atoms with van der Waals surface area (Å²) in [4.78, 5) is 2.00. The van der Waals surface area contributed by atoms with Crippen molar-refractivity contribution < 1.29 is 9.47 Å². The molecule has 3 nitrogen and oxygen atoms in total. The van der Waals surface area contributed by atoms with Crippen molar-refractivity contribution in [2.24, 2.45) is 0 Å². The standard InChI is InChI=1S/C4H7ClO2.C3H9N/c5-4-3-6-1-2-7-4;1-4(2)3/h4H,1-3H2;1-3H3. The van der Waals surface area contributed by atoms with Gasteiger partial charge >= 0.3 is 0 Å². The molecule has 1 aliphatic heterocycles. The number of halogens is 1. The normalized spacial score (nSPS) is 24.3. The summed E-state index contributed by atoms with van der Waals surface area (Å²) in [5, 5.41) is 0. The Kier molecular flexibility index (Phi) is 6.96. The molecule has 0 saturated carbocycles. The molecule has 0 radical (unpaired) electrons. The summed E-state index contributed by atoms with van der Waals surface area (Å²) in [5.41, 5.74) is -0.214. The smallest absolute Gasteiger partial charge is 0.154 e. The molecule has 0 N–H and O–H groups in total. The quantitative estimate of drug-likeness (QED) is 0.516. The molecule has 4 heteroatoms. The van der Waals surface area contributed by atoms with Crippen molar-refractivity contribution in [1.82, 2.24) is 4.90 Å². The van der Waals surface area contributed by atoms with Crippen LogP contribution in [-0.4, -0.2) is 51.4 Å². The van der Waals surface area contributed by atoms with Gasteiger partial charge in [0.2, 0.25) is 0 Å². The van der Waals surface area contributed by atoms with E-state index in [1.165, 1.54) is 0 Å². The Hall–Kier alpha value is 0.170. The van der Waals surface area contributed by atoms with Crippen molar-refractivity contribution in [2.45, 2.75) is 5.56 Å². The van der Waals surface area contributed by atoms with Crippen LogP contribution in [0, 0.1) is 0 Å². The van der Waals surface area contributed by atoms with E-state index in [1.807, 2.05) is 26.0 Å². The fourth-order valence-corrected chi connectivity index (χ4v) is 0.637. The summed E-state index contributed by atoms with van der Waals surface area (Å²) in [6.07, 6.45) is 0. The molecular weight excluding hydrogens is 166 g/mol. The third-order valence-corrected chi connectivity index (χ3v) is 1.03. The van der Waals surface area contributed by atoms with Crippen LogP contribution in [0.1, 0.15) is 0 Å². The molecule has 1 unspecified atom stereocenters. The summed E-state index contributed by atoms with van der Waals surface area (Å²) < 4.78 is 9.84. The van der Waals surface area contributed by atoms with Gasteiger partial charge in [0.25, 0.3) is 0 Å². The van der Waals surface area contributed by atoms with Crippen LogP contribution in [0.15, 0.2) is 0 Å². The monoisotopic (exact) mass is 181 g/mol. The fourth-order valence-electron chi connectivity index (χ4n) is 0.459. The molecule has 1 heterocycles. The number of hydrogen-bond acceptors (Lipinski definition) is 3. The predicted molar refractivity (Wildman–Crippen MR) is 46.0 cm³/mol. The van der Waals surface area contributed by atoms with Crippen molar-refractivity contribution >= 4 is 11.6 Å². The molecule has 0 aromatic rings. The first kappa shape index (κ1) is 11.2. The molecule has 0 spiro atoms. The second kappa shape index (κ2) is 6.85. The Bertz CT molecular complexity index is 81.8. The first-order valence-corrected chi connectivity index (χ1v) is 4.01. The van der Waals surface area contributed by atoms with Gasteiger partial charge in [-0.25, -0.2) is 0 Å². The van der Waals surface area contributed by atoms with E-state index in [9.17, 15) is 0 Å². The summed E-state index contributed by atoms with van der Waals surface area (Å²) in [6, 6.07) is 0. The molecule has 1 aliphatic rings. The number of alkyl halides is 1. The van der Waals surface area contributed by atoms with Gasteiger partial charge in [-0.05, 0) is 21.1 Å². The van der Waals surface area contributed by atoms with E-state index >= 15 is 0 Å². The zero-order chi connectivity index (χ0) is 8.69. The van der Waals surface area contributed by atoms with Crippen LogP contribution in [0.5, 0.6) is 0 Å². The second-order valence-electron chi connectivity index (χ2n) is 2.70. The van der Waals surface area contributed by atoms with Crippen molar-refractivity contribution in [3.8, 4) is 0 Å². The summed E-state index contributed by atoms with van der Waals surface area (Å²) in [5.74, 6) is 0. The maximum atomic E-state index is 5.47. The molecule has 1 fully saturated rings. The molecule has 1 rings (SSSR count). The van der Waals surface area contributed by atoms with Crippen LogP contribution in [-0.2, 0) is 9.47 Å². The molecule has 1 saturated heterocycles. The highest BCUT2D eigenvalue weighted by molar-refractivity contribution is 6.19. The largest absolute Gasteiger partial charge is 0.375 e. The third-order valence-electron chi connectivity index (χ3n) is 0.775. The van der Waals surface area contributed by atoms with Crippen molar-refractivity contribution in [3.05, 3.63) is 0 Å². The highest BCUT2D eigenvalue weighted by atomic mass is 35.5. The summed E-state index contributed by atoms with van der Waals surface area (Å²) in [7, 11) is 6.00. The van der Waals surface area contributed by atoms with Crippen molar-refractivity contribution in [1.29, 1.82) is 0 Å². The SMILES string of the molecule is CN(C)C.ClC1COCCO1. The molecule has 0 aromatic carbocycles. The zero-order valence-corrected chi connectivity index (χ0v) is 8.10. The van der Waals surface area contributed by atoms with E-state index in [1.54, 1.807) is 0 Å². The Morgan fingerprint density at radius 3 is 2.00 bits per heavy atom. The van der Waals surface area contributed by atoms with Gasteiger partial charge in [-0.15, -0.1) is 0 Å². The zero-order valence-electron chi connectivity index (χ0n) is 7.34. The van der Waals surface area contributed by atoms with Gasteiger partial charge in [0.05, 0.1) is 19.8 Å². The fraction of sp³-hybridized carbons (Fsp3) is 1.00. The van der Waals surface area contributed by atoms with E-state index < -0.39 is 0 Å². The summed E-state index contributed by atoms with van der Waals surface area (Å²) >= 11 is 5.47. The van der Waals surface area contributed by atoms with Crippen LogP contribution in [0.2, 0.25) is 0 Å². The second-order valence-corrected chi connectivity index (χ2v) is 3.18. The lowest BCUT2D eigenvalue weighted by atomic mass is 10.6. The van der Waals surface area contributed by atoms with Gasteiger partial charge in [-0.2, -0.15) is 0 Å². The Labute approximate surface area is 73.2 Å². The average Bonchev–Trinajstić information content (AvgIpc) is 1.87. The van der Waals surface area contributed by atoms with Gasteiger partial charge in [-0.3, -0.25) is 0 Å². The van der Waals surface area contributed by atoms with Crippen molar-refractivity contribution in [2.75, 3.05) is 41.0 Å². The highest BCUT2D eigenvalue weighted by Crippen LogP contribution is 2.02. The van der Waals surface area contributed by atoms with E-state index in [2.05, 4.69) is 0 Å². The number of ether oxygens (including phenoxy) is 2.